The van der Waals surface area contributed by atoms with Crippen LogP contribution < -0.4 is 0 Å². The van der Waals surface area contributed by atoms with Crippen molar-refractivity contribution in [2.75, 3.05) is 26.4 Å². The van der Waals surface area contributed by atoms with Crippen molar-refractivity contribution in [2.24, 2.45) is 72.5 Å². The molecule has 6 saturated carbocycles. The van der Waals surface area contributed by atoms with E-state index in [9.17, 15) is 29.4 Å². The average Bonchev–Trinajstić information content (AvgIpc) is 1.48. The van der Waals surface area contributed by atoms with Crippen molar-refractivity contribution in [3.05, 3.63) is 117 Å². The first-order valence-electron chi connectivity index (χ1n) is 30.2. The summed E-state index contributed by atoms with van der Waals surface area (Å²) in [5.41, 5.74) is 3.43. The fourth-order valence-electron chi connectivity index (χ4n) is 18.2. The number of benzene rings is 2. The fraction of sp³-hybridized carbons (Fsp3) is 0.597. The Kier molecular flexibility index (Phi) is 16.4. The van der Waals surface area contributed by atoms with Gasteiger partial charge in [0.15, 0.2) is 36.5 Å². The van der Waals surface area contributed by atoms with Crippen LogP contribution in [-0.2, 0) is 65.4 Å². The van der Waals surface area contributed by atoms with Gasteiger partial charge in [-0.3, -0.25) is 19.2 Å². The minimum absolute atomic E-state index is 0.00431. The maximum atomic E-state index is 13.8. The van der Waals surface area contributed by atoms with Crippen LogP contribution in [0.4, 0.5) is 0 Å². The van der Waals surface area contributed by atoms with Crippen molar-refractivity contribution in [1.82, 2.24) is 0 Å². The van der Waals surface area contributed by atoms with Crippen LogP contribution in [0.2, 0.25) is 0 Å². The first-order chi connectivity index (χ1) is 39.9. The second kappa shape index (κ2) is 22.9. The number of rotatable bonds is 14. The number of allylic oxidation sites excluding steroid dienone is 8. The van der Waals surface area contributed by atoms with Gasteiger partial charge in [0, 0.05) is 71.6 Å². The number of hydrogen-bond acceptors (Lipinski definition) is 16. The molecule has 8 aliphatic carbocycles. The lowest BCUT2D eigenvalue weighted by atomic mass is 9.46. The van der Waals surface area contributed by atoms with Gasteiger partial charge >= 0.3 is 11.9 Å². The highest BCUT2D eigenvalue weighted by atomic mass is 79.9. The maximum absolute atomic E-state index is 13.8. The summed E-state index contributed by atoms with van der Waals surface area (Å²) < 4.78 is 30.1. The van der Waals surface area contributed by atoms with E-state index in [0.29, 0.717) is 44.8 Å². The highest BCUT2D eigenvalue weighted by Crippen LogP contribution is 2.71. The number of nitrogens with zero attached hydrogens (tertiary/aromatic N) is 3. The smallest absolute Gasteiger partial charge is 0.303 e. The standard InChI is InChI=1S/C34H43NO7.C33H39BrN2O6/c1-20-7-6-8-23(15-20)12-14-40-35-25-11-13-32(4)24(16-25)9-10-26-27-17-30-34(42-22(3)41-30,29(38)19-39-21(2)36)33(27,5)18-28(37)31(26)32;1-19-35-33(28(39)18-40-20(2)37)29(42-19)16-26-25-9-8-22-15-24(36-41-13-11-21-6-5-7-23(34)14-21)10-12-31(22,3)30(25)27(38)17-32(26,33)4/h6-8,11,13,15-16,22,26-28,30-31,37H,9-10,12,14,17-19H2,1-5H3;5-7,10,12,14-15,25-27,29-30,38H,8-9,11,13,16-18H2,1-4H3/b35-25-;36-24-/t22?,26-,27-,28-,30+,31+,32-,33-,34+;25-,26-,27-,29+,30+,31-,32-,33+/m00/s1. The summed E-state index contributed by atoms with van der Waals surface area (Å²) in [6.45, 7) is 17.2. The van der Waals surface area contributed by atoms with Crippen molar-refractivity contribution in [3.8, 4) is 0 Å². The number of carbonyl (C=O) groups is 4. The number of ketones is 2. The number of aliphatic hydroxyl groups excluding tert-OH is 2. The third-order valence-corrected chi connectivity index (χ3v) is 22.1. The van der Waals surface area contributed by atoms with E-state index in [1.165, 1.54) is 41.7 Å². The molecule has 0 bridgehead atoms. The Balaban J connectivity index is 0.000000175. The van der Waals surface area contributed by atoms with Crippen LogP contribution in [0.5, 0.6) is 0 Å². The van der Waals surface area contributed by atoms with E-state index in [1.54, 1.807) is 13.8 Å². The van der Waals surface area contributed by atoms with Crippen molar-refractivity contribution < 1.29 is 62.8 Å². The predicted molar refractivity (Wildman–Crippen MR) is 318 cm³/mol. The normalized spacial score (nSPS) is 39.9. The number of halogens is 1. The second-order valence-electron chi connectivity index (χ2n) is 26.4. The van der Waals surface area contributed by atoms with Crippen LogP contribution in [0.25, 0.3) is 0 Å². The molecular formula is C67H82BrN3O13. The lowest BCUT2D eigenvalue weighted by Gasteiger charge is -2.59. The van der Waals surface area contributed by atoms with E-state index in [-0.39, 0.29) is 71.1 Å². The number of Topliss-reactive ketones (excluding diaryl/α,β-unsaturated/α-hetero) is 2. The Bertz CT molecular complexity index is 3190. The SMILES string of the molecule is CC(=O)OCC(=O)[C@@]12N=C(C)O[C@@H]1C[C@H]1[C@@H]3CCC4=C/C(=N\OCCc5cccc(Br)c5)C=C[C@]4(C)[C@H]3[C@@H](O)C[C@@]12C.CC(=O)OCC(=O)[C@@]12OC(C)O[C@@H]1C[C@H]1[C@@H]3CCC4=C/C(=N\OCCc5cccc(C)c5)C=C[C@]4(C)[C@H]3[C@@H](O)C[C@@]12C. The molecule has 17 heteroatoms. The molecule has 2 aromatic carbocycles. The molecule has 2 aliphatic heterocycles. The van der Waals surface area contributed by atoms with Crippen LogP contribution in [0.3, 0.4) is 0 Å². The molecular weight excluding hydrogens is 1130 g/mol. The summed E-state index contributed by atoms with van der Waals surface area (Å²) in [7, 11) is 0. The van der Waals surface area contributed by atoms with E-state index in [0.717, 1.165) is 54.4 Å². The summed E-state index contributed by atoms with van der Waals surface area (Å²) in [5, 5.41) is 32.6. The Labute approximate surface area is 501 Å². The maximum Gasteiger partial charge on any atom is 0.303 e. The molecule has 450 valence electrons. The van der Waals surface area contributed by atoms with Crippen LogP contribution in [-0.4, -0.2) is 119 Å². The van der Waals surface area contributed by atoms with Gasteiger partial charge in [-0.2, -0.15) is 0 Å². The predicted octanol–water partition coefficient (Wildman–Crippen LogP) is 10.2. The van der Waals surface area contributed by atoms with Crippen molar-refractivity contribution >= 4 is 56.8 Å². The average molecular weight is 1220 g/mol. The monoisotopic (exact) mass is 1220 g/mol. The number of carbonyl (C=O) groups excluding carboxylic acids is 4. The highest BCUT2D eigenvalue weighted by molar-refractivity contribution is 9.10. The summed E-state index contributed by atoms with van der Waals surface area (Å²) in [6, 6.07) is 16.6. The Morgan fingerprint density at radius 1 is 0.714 bits per heavy atom. The fourth-order valence-corrected chi connectivity index (χ4v) is 18.7. The third kappa shape index (κ3) is 10.2. The van der Waals surface area contributed by atoms with E-state index in [2.05, 4.69) is 122 Å². The molecule has 0 spiro atoms. The topological polar surface area (TPSA) is 210 Å². The van der Waals surface area contributed by atoms with Gasteiger partial charge in [-0.05, 0) is 136 Å². The minimum Gasteiger partial charge on any atom is -0.475 e. The first kappa shape index (κ1) is 60.1. The van der Waals surface area contributed by atoms with Gasteiger partial charge in [0.1, 0.15) is 30.7 Å². The molecule has 10 aliphatic rings. The number of hydrogen-bond donors (Lipinski definition) is 2. The molecule has 1 saturated heterocycles. The molecule has 1 unspecified atom stereocenters. The quantitative estimate of drug-likeness (QED) is 0.103. The third-order valence-electron chi connectivity index (χ3n) is 21.7. The van der Waals surface area contributed by atoms with Gasteiger partial charge in [0.05, 0.1) is 18.3 Å². The van der Waals surface area contributed by atoms with Gasteiger partial charge < -0.3 is 43.6 Å². The number of oxime groups is 2. The Hall–Kier alpha value is -5.59. The lowest BCUT2D eigenvalue weighted by molar-refractivity contribution is -0.198. The van der Waals surface area contributed by atoms with E-state index in [1.807, 2.05) is 24.3 Å². The van der Waals surface area contributed by atoms with Gasteiger partial charge in [-0.25, -0.2) is 4.99 Å². The summed E-state index contributed by atoms with van der Waals surface area (Å²) in [6.07, 6.45) is 17.3. The number of aliphatic imine (C=N–C) groups is 1. The molecule has 84 heavy (non-hydrogen) atoms. The zero-order valence-electron chi connectivity index (χ0n) is 49.9. The van der Waals surface area contributed by atoms with Crippen LogP contribution in [0, 0.1) is 64.1 Å². The number of fused-ring (bicyclic) bond motifs is 14. The minimum atomic E-state index is -1.24. The molecule has 7 fully saturated rings. The first-order valence-corrected chi connectivity index (χ1v) is 31.0. The van der Waals surface area contributed by atoms with Gasteiger partial charge in [0.25, 0.3) is 0 Å². The number of aryl methyl sites for hydroxylation is 1. The van der Waals surface area contributed by atoms with Gasteiger partial charge in [-0.1, -0.05) is 119 Å². The highest BCUT2D eigenvalue weighted by Gasteiger charge is 2.77. The lowest BCUT2D eigenvalue weighted by Crippen LogP contribution is -2.63. The van der Waals surface area contributed by atoms with Crippen molar-refractivity contribution in [1.29, 1.82) is 0 Å². The molecule has 2 heterocycles. The van der Waals surface area contributed by atoms with E-state index >= 15 is 0 Å². The van der Waals surface area contributed by atoms with Crippen LogP contribution in [0.1, 0.15) is 123 Å². The van der Waals surface area contributed by atoms with Gasteiger partial charge in [0.2, 0.25) is 11.6 Å². The molecule has 0 aromatic heterocycles. The molecule has 17 atom stereocenters. The van der Waals surface area contributed by atoms with Gasteiger partial charge in [-0.15, -0.1) is 0 Å². The zero-order valence-corrected chi connectivity index (χ0v) is 51.5. The summed E-state index contributed by atoms with van der Waals surface area (Å²) in [5.74, 6) is -0.418. The largest absolute Gasteiger partial charge is 0.475 e. The Morgan fingerprint density at radius 3 is 1.80 bits per heavy atom. The molecule has 2 N–H and O–H groups in total. The number of esters is 2. The summed E-state index contributed by atoms with van der Waals surface area (Å²) >= 11 is 3.51. The van der Waals surface area contributed by atoms with Crippen LogP contribution >= 0.6 is 15.9 Å². The van der Waals surface area contributed by atoms with Crippen molar-refractivity contribution in [2.45, 2.75) is 168 Å². The van der Waals surface area contributed by atoms with Crippen molar-refractivity contribution in [3.63, 3.8) is 0 Å². The number of aliphatic hydroxyl groups is 2. The molecule has 0 amide bonds. The molecule has 0 radical (unpaired) electrons. The molecule has 16 nitrogen and oxygen atoms in total. The molecule has 12 rings (SSSR count). The van der Waals surface area contributed by atoms with E-state index in [4.69, 9.17) is 38.4 Å². The van der Waals surface area contributed by atoms with Crippen LogP contribution in [0.15, 0.2) is 116 Å². The number of ether oxygens (including phenoxy) is 5. The zero-order chi connectivity index (χ0) is 59.7. The Morgan fingerprint density at radius 2 is 1.24 bits per heavy atom. The summed E-state index contributed by atoms with van der Waals surface area (Å²) in [4.78, 5) is 66.8. The molecule has 2 aromatic rings. The second-order valence-corrected chi connectivity index (χ2v) is 27.3. The van der Waals surface area contributed by atoms with E-state index < -0.39 is 64.6 Å².